The Kier molecular flexibility index (Phi) is 6.05. The third-order valence-corrected chi connectivity index (χ3v) is 3.41. The van der Waals surface area contributed by atoms with Crippen molar-refractivity contribution in [2.45, 2.75) is 26.2 Å². The van der Waals surface area contributed by atoms with E-state index in [-0.39, 0.29) is 6.10 Å². The topological polar surface area (TPSA) is 41.5 Å². The van der Waals surface area contributed by atoms with Gasteiger partial charge in [-0.25, -0.2) is 0 Å². The number of aliphatic hydroxyl groups is 1. The molecule has 2 N–H and O–H groups in total. The summed E-state index contributed by atoms with van der Waals surface area (Å²) in [5.74, 6) is 0.814. The van der Waals surface area contributed by atoms with Crippen LogP contribution in [0.2, 0.25) is 5.02 Å². The lowest BCUT2D eigenvalue weighted by Crippen LogP contribution is -2.23. The molecule has 4 heteroatoms. The zero-order valence-electron chi connectivity index (χ0n) is 12.1. The van der Waals surface area contributed by atoms with Crippen LogP contribution in [0.3, 0.4) is 0 Å². The maximum atomic E-state index is 9.18. The van der Waals surface area contributed by atoms with E-state index in [1.54, 1.807) is 6.92 Å². The minimum atomic E-state index is -0.330. The van der Waals surface area contributed by atoms with Crippen LogP contribution >= 0.6 is 11.6 Å². The van der Waals surface area contributed by atoms with Gasteiger partial charge in [0.1, 0.15) is 12.4 Å². The fourth-order valence-electron chi connectivity index (χ4n) is 1.91. The van der Waals surface area contributed by atoms with E-state index in [0.717, 1.165) is 28.4 Å². The van der Waals surface area contributed by atoms with Gasteiger partial charge < -0.3 is 15.2 Å². The molecule has 2 aromatic rings. The second kappa shape index (κ2) is 8.03. The number of hydrogen-bond acceptors (Lipinski definition) is 3. The molecule has 0 aliphatic carbocycles. The van der Waals surface area contributed by atoms with Gasteiger partial charge in [-0.2, -0.15) is 0 Å². The summed E-state index contributed by atoms with van der Waals surface area (Å²) in [6, 6.07) is 15.6. The molecular weight excluding hydrogens is 286 g/mol. The molecule has 21 heavy (non-hydrogen) atoms. The van der Waals surface area contributed by atoms with Gasteiger partial charge in [0.05, 0.1) is 6.10 Å². The molecule has 1 atom stereocenters. The number of ether oxygens (including phenoxy) is 1. The fourth-order valence-corrected chi connectivity index (χ4v) is 2.10. The molecule has 0 aliphatic rings. The summed E-state index contributed by atoms with van der Waals surface area (Å²) in [6.45, 7) is 3.54. The van der Waals surface area contributed by atoms with Crippen molar-refractivity contribution in [1.29, 1.82) is 0 Å². The SMILES string of the molecule is C[C@@H](O)CNCc1ccc(OCc2ccccc2Cl)cc1. The number of aliphatic hydroxyl groups excluding tert-OH is 1. The Balaban J connectivity index is 1.84. The molecule has 2 rings (SSSR count). The monoisotopic (exact) mass is 305 g/mol. The normalized spacial score (nSPS) is 12.1. The lowest BCUT2D eigenvalue weighted by molar-refractivity contribution is 0.191. The van der Waals surface area contributed by atoms with Gasteiger partial charge in [0.25, 0.3) is 0 Å². The molecule has 2 aromatic carbocycles. The highest BCUT2D eigenvalue weighted by Crippen LogP contribution is 2.18. The molecule has 0 aliphatic heterocycles. The van der Waals surface area contributed by atoms with E-state index in [4.69, 9.17) is 16.3 Å². The Bertz CT molecular complexity index is 555. The fraction of sp³-hybridized carbons (Fsp3) is 0.294. The van der Waals surface area contributed by atoms with Gasteiger partial charge >= 0.3 is 0 Å². The molecule has 0 amide bonds. The molecular formula is C17H20ClNO2. The van der Waals surface area contributed by atoms with Crippen molar-refractivity contribution in [3.8, 4) is 5.75 Å². The Hall–Kier alpha value is -1.55. The smallest absolute Gasteiger partial charge is 0.119 e. The average Bonchev–Trinajstić information content (AvgIpc) is 2.47. The van der Waals surface area contributed by atoms with Crippen LogP contribution in [0.25, 0.3) is 0 Å². The van der Waals surface area contributed by atoms with Crippen molar-refractivity contribution in [2.24, 2.45) is 0 Å². The second-order valence-electron chi connectivity index (χ2n) is 5.00. The van der Waals surface area contributed by atoms with Crippen molar-refractivity contribution in [2.75, 3.05) is 6.54 Å². The van der Waals surface area contributed by atoms with E-state index in [0.29, 0.717) is 13.2 Å². The van der Waals surface area contributed by atoms with Crippen LogP contribution in [0.1, 0.15) is 18.1 Å². The molecule has 0 spiro atoms. The summed E-state index contributed by atoms with van der Waals surface area (Å²) in [4.78, 5) is 0. The molecule has 3 nitrogen and oxygen atoms in total. The third-order valence-electron chi connectivity index (χ3n) is 3.04. The highest BCUT2D eigenvalue weighted by atomic mass is 35.5. The highest BCUT2D eigenvalue weighted by Gasteiger charge is 2.01. The Morgan fingerprint density at radius 2 is 1.86 bits per heavy atom. The van der Waals surface area contributed by atoms with Crippen LogP contribution in [-0.4, -0.2) is 17.8 Å². The maximum Gasteiger partial charge on any atom is 0.119 e. The molecule has 0 saturated carbocycles. The highest BCUT2D eigenvalue weighted by molar-refractivity contribution is 6.31. The van der Waals surface area contributed by atoms with Gasteiger partial charge in [-0.05, 0) is 30.7 Å². The molecule has 0 bridgehead atoms. The van der Waals surface area contributed by atoms with Crippen LogP contribution in [0.4, 0.5) is 0 Å². The number of benzene rings is 2. The lowest BCUT2D eigenvalue weighted by atomic mass is 10.2. The van der Waals surface area contributed by atoms with Gasteiger partial charge in [-0.15, -0.1) is 0 Å². The molecule has 0 saturated heterocycles. The summed E-state index contributed by atoms with van der Waals surface area (Å²) in [5, 5.41) is 13.1. The summed E-state index contributed by atoms with van der Waals surface area (Å²) >= 11 is 6.09. The average molecular weight is 306 g/mol. The van der Waals surface area contributed by atoms with Crippen LogP contribution < -0.4 is 10.1 Å². The van der Waals surface area contributed by atoms with E-state index in [1.165, 1.54) is 0 Å². The van der Waals surface area contributed by atoms with Crippen molar-refractivity contribution in [3.05, 3.63) is 64.7 Å². The minimum absolute atomic E-state index is 0.330. The standard InChI is InChI=1S/C17H20ClNO2/c1-13(20)10-19-11-14-6-8-16(9-7-14)21-12-15-4-2-3-5-17(15)18/h2-9,13,19-20H,10-12H2,1H3/t13-/m1/s1. The quantitative estimate of drug-likeness (QED) is 0.824. The van der Waals surface area contributed by atoms with Gasteiger partial charge in [0.15, 0.2) is 0 Å². The first-order valence-electron chi connectivity index (χ1n) is 6.99. The zero-order chi connectivity index (χ0) is 15.1. The molecule has 0 aromatic heterocycles. The zero-order valence-corrected chi connectivity index (χ0v) is 12.8. The van der Waals surface area contributed by atoms with Gasteiger partial charge in [0, 0.05) is 23.7 Å². The molecule has 0 fully saturated rings. The minimum Gasteiger partial charge on any atom is -0.489 e. The van der Waals surface area contributed by atoms with Crippen LogP contribution in [-0.2, 0) is 13.2 Å². The number of halogens is 1. The first-order chi connectivity index (χ1) is 10.1. The van der Waals surface area contributed by atoms with Crippen LogP contribution in [0.5, 0.6) is 5.75 Å². The third kappa shape index (κ3) is 5.38. The van der Waals surface area contributed by atoms with E-state index in [1.807, 2.05) is 48.5 Å². The summed E-state index contributed by atoms with van der Waals surface area (Å²) < 4.78 is 5.73. The van der Waals surface area contributed by atoms with Gasteiger partial charge in [0.2, 0.25) is 0 Å². The van der Waals surface area contributed by atoms with E-state index >= 15 is 0 Å². The summed E-state index contributed by atoms with van der Waals surface area (Å²) in [5.41, 5.74) is 2.13. The summed E-state index contributed by atoms with van der Waals surface area (Å²) in [7, 11) is 0. The Morgan fingerprint density at radius 1 is 1.14 bits per heavy atom. The predicted octanol–water partition coefficient (Wildman–Crippen LogP) is 3.39. The van der Waals surface area contributed by atoms with E-state index < -0.39 is 0 Å². The van der Waals surface area contributed by atoms with E-state index in [2.05, 4.69) is 5.32 Å². The molecule has 0 heterocycles. The molecule has 0 unspecified atom stereocenters. The molecule has 0 radical (unpaired) electrons. The Morgan fingerprint density at radius 3 is 2.52 bits per heavy atom. The largest absolute Gasteiger partial charge is 0.489 e. The van der Waals surface area contributed by atoms with Crippen molar-refractivity contribution < 1.29 is 9.84 Å². The Labute approximate surface area is 130 Å². The van der Waals surface area contributed by atoms with Crippen molar-refractivity contribution in [1.82, 2.24) is 5.32 Å². The number of hydrogen-bond donors (Lipinski definition) is 2. The summed E-state index contributed by atoms with van der Waals surface area (Å²) in [6.07, 6.45) is -0.330. The first-order valence-corrected chi connectivity index (χ1v) is 7.37. The number of rotatable bonds is 7. The maximum absolute atomic E-state index is 9.18. The second-order valence-corrected chi connectivity index (χ2v) is 5.41. The van der Waals surface area contributed by atoms with E-state index in [9.17, 15) is 5.11 Å². The lowest BCUT2D eigenvalue weighted by Gasteiger charge is -2.09. The first kappa shape index (κ1) is 15.8. The molecule has 112 valence electrons. The predicted molar refractivity (Wildman–Crippen MR) is 85.6 cm³/mol. The van der Waals surface area contributed by atoms with Crippen LogP contribution in [0.15, 0.2) is 48.5 Å². The van der Waals surface area contributed by atoms with Gasteiger partial charge in [-0.3, -0.25) is 0 Å². The van der Waals surface area contributed by atoms with Crippen LogP contribution in [0, 0.1) is 0 Å². The number of nitrogens with one attached hydrogen (secondary N) is 1. The van der Waals surface area contributed by atoms with Crippen molar-refractivity contribution in [3.63, 3.8) is 0 Å². The van der Waals surface area contributed by atoms with Crippen molar-refractivity contribution >= 4 is 11.6 Å². The van der Waals surface area contributed by atoms with Gasteiger partial charge in [-0.1, -0.05) is 41.9 Å².